The summed E-state index contributed by atoms with van der Waals surface area (Å²) in [7, 11) is 0. The Morgan fingerprint density at radius 2 is 1.46 bits per heavy atom. The van der Waals surface area contributed by atoms with Gasteiger partial charge in [-0.05, 0) is 136 Å². The highest BCUT2D eigenvalue weighted by molar-refractivity contribution is 14.1. The lowest BCUT2D eigenvalue weighted by Gasteiger charge is -2.32. The Kier molecular flexibility index (Phi) is 8.57. The first-order valence-electron chi connectivity index (χ1n) is 17.2. The minimum Gasteiger partial charge on any atom is -0.449 e. The van der Waals surface area contributed by atoms with E-state index in [1.807, 2.05) is 12.1 Å². The highest BCUT2D eigenvalue weighted by Gasteiger charge is 2.40. The number of hydrogen-bond acceptors (Lipinski definition) is 3. The van der Waals surface area contributed by atoms with Crippen molar-refractivity contribution in [3.63, 3.8) is 0 Å². The molecule has 1 aliphatic heterocycles. The zero-order valence-electron chi connectivity index (χ0n) is 28.3. The van der Waals surface area contributed by atoms with E-state index in [0.717, 1.165) is 47.8 Å². The summed E-state index contributed by atoms with van der Waals surface area (Å²) in [6, 6.07) is 40.4. The molecule has 4 heteroatoms. The lowest BCUT2D eigenvalue weighted by molar-refractivity contribution is 0.359. The van der Waals surface area contributed by atoms with Crippen LogP contribution in [0.3, 0.4) is 0 Å². The zero-order valence-corrected chi connectivity index (χ0v) is 30.5. The molecule has 0 bridgehead atoms. The van der Waals surface area contributed by atoms with E-state index in [0.29, 0.717) is 11.5 Å². The van der Waals surface area contributed by atoms with Crippen LogP contribution in [0.4, 0.5) is 11.4 Å². The SMILES string of the molecule is C=CCC1(C)c2ccccc2-c2cc3c(cc21)Oc1ccc(N(C2=C(/C(C)=C/C=C(\I)c4ccccc4)CCC=C2)c2ccccc2)cc1O3. The van der Waals surface area contributed by atoms with Gasteiger partial charge in [0, 0.05) is 26.4 Å². The van der Waals surface area contributed by atoms with E-state index >= 15 is 0 Å². The fourth-order valence-electron chi connectivity index (χ4n) is 7.55. The molecule has 0 fully saturated rings. The van der Waals surface area contributed by atoms with Crippen molar-refractivity contribution in [2.24, 2.45) is 0 Å². The van der Waals surface area contributed by atoms with Crippen molar-refractivity contribution in [1.29, 1.82) is 0 Å². The van der Waals surface area contributed by atoms with Gasteiger partial charge >= 0.3 is 0 Å². The van der Waals surface area contributed by atoms with Gasteiger partial charge in [-0.15, -0.1) is 6.58 Å². The zero-order chi connectivity index (χ0) is 34.2. The fraction of sp³-hybridized carbons (Fsp3) is 0.130. The lowest BCUT2D eigenvalue weighted by Crippen LogP contribution is -2.20. The molecule has 3 aliphatic rings. The summed E-state index contributed by atoms with van der Waals surface area (Å²) in [5.41, 5.74) is 11.9. The highest BCUT2D eigenvalue weighted by Crippen LogP contribution is 2.56. The maximum absolute atomic E-state index is 6.72. The third kappa shape index (κ3) is 5.71. The van der Waals surface area contributed by atoms with Crippen molar-refractivity contribution in [3.05, 3.63) is 186 Å². The average Bonchev–Trinajstić information content (AvgIpc) is 3.39. The first kappa shape index (κ1) is 32.2. The van der Waals surface area contributed by atoms with Crippen molar-refractivity contribution in [2.75, 3.05) is 4.90 Å². The molecule has 0 amide bonds. The van der Waals surface area contributed by atoms with Crippen LogP contribution in [0.25, 0.3) is 14.7 Å². The van der Waals surface area contributed by atoms with Crippen LogP contribution >= 0.6 is 22.6 Å². The van der Waals surface area contributed by atoms with E-state index in [2.05, 4.69) is 181 Å². The number of benzene rings is 5. The predicted octanol–water partition coefficient (Wildman–Crippen LogP) is 13.6. The summed E-state index contributed by atoms with van der Waals surface area (Å²) in [4.78, 5) is 2.34. The monoisotopic (exact) mass is 763 g/mol. The van der Waals surface area contributed by atoms with Gasteiger partial charge in [-0.25, -0.2) is 0 Å². The molecule has 0 aromatic heterocycles. The molecule has 0 radical (unpaired) electrons. The summed E-state index contributed by atoms with van der Waals surface area (Å²) in [6.07, 6.45) is 13.8. The summed E-state index contributed by atoms with van der Waals surface area (Å²) in [6.45, 7) is 8.60. The molecular formula is C46H38INO2. The van der Waals surface area contributed by atoms with Gasteiger partial charge in [0.05, 0.1) is 5.69 Å². The largest absolute Gasteiger partial charge is 0.449 e. The highest BCUT2D eigenvalue weighted by atomic mass is 127. The van der Waals surface area contributed by atoms with E-state index in [9.17, 15) is 0 Å². The number of ether oxygens (including phenoxy) is 2. The second kappa shape index (κ2) is 13.3. The van der Waals surface area contributed by atoms with E-state index < -0.39 is 0 Å². The van der Waals surface area contributed by atoms with Crippen LogP contribution in [0.5, 0.6) is 23.0 Å². The van der Waals surface area contributed by atoms with Gasteiger partial charge in [0.25, 0.3) is 0 Å². The quantitative estimate of drug-likeness (QED) is 0.0875. The maximum atomic E-state index is 6.72. The van der Waals surface area contributed by atoms with E-state index in [1.54, 1.807) is 0 Å². The lowest BCUT2D eigenvalue weighted by atomic mass is 9.77. The molecule has 5 aromatic rings. The van der Waals surface area contributed by atoms with Gasteiger partial charge in [0.1, 0.15) is 0 Å². The second-order valence-electron chi connectivity index (χ2n) is 13.3. The van der Waals surface area contributed by atoms with Crippen LogP contribution in [0.1, 0.15) is 49.8 Å². The van der Waals surface area contributed by atoms with Crippen LogP contribution < -0.4 is 14.4 Å². The standard InChI is InChI=1S/C46H38INO2/c1-4-27-46(3)38-21-13-11-20-36(38)37-29-44-45(30-39(37)46)49-42-26-24-34(28-43(42)50-44)48(33-17-9-6-10-18-33)41-22-14-12-19-35(41)31(2)23-25-40(47)32-15-7-5-8-16-32/h4-11,13-18,20-26,28-30H,1,12,19,27H2,2-3H3/b31-23+,40-25-. The minimum atomic E-state index is -0.173. The maximum Gasteiger partial charge on any atom is 0.172 e. The molecule has 2 aliphatic carbocycles. The molecule has 5 aromatic carbocycles. The molecule has 0 N–H and O–H groups in total. The third-order valence-corrected chi connectivity index (χ3v) is 11.1. The summed E-state index contributed by atoms with van der Waals surface area (Å²) >= 11 is 2.43. The number of anilines is 2. The predicted molar refractivity (Wildman–Crippen MR) is 216 cm³/mol. The number of fused-ring (bicyclic) bond motifs is 5. The smallest absolute Gasteiger partial charge is 0.172 e. The molecule has 8 rings (SSSR count). The Morgan fingerprint density at radius 1 is 0.760 bits per heavy atom. The summed E-state index contributed by atoms with van der Waals surface area (Å²) < 4.78 is 14.5. The third-order valence-electron chi connectivity index (χ3n) is 10.1. The number of rotatable bonds is 8. The van der Waals surface area contributed by atoms with Gasteiger partial charge in [-0.2, -0.15) is 0 Å². The van der Waals surface area contributed by atoms with E-state index in [1.165, 1.54) is 42.5 Å². The van der Waals surface area contributed by atoms with Crippen LogP contribution in [0.15, 0.2) is 169 Å². The molecule has 1 heterocycles. The molecule has 0 saturated carbocycles. The molecule has 1 unspecified atom stereocenters. The minimum absolute atomic E-state index is 0.173. The molecule has 3 nitrogen and oxygen atoms in total. The van der Waals surface area contributed by atoms with Crippen molar-refractivity contribution < 1.29 is 9.47 Å². The van der Waals surface area contributed by atoms with Gasteiger partial charge in [-0.3, -0.25) is 0 Å². The summed E-state index contributed by atoms with van der Waals surface area (Å²) in [5.74, 6) is 2.88. The topological polar surface area (TPSA) is 21.7 Å². The van der Waals surface area contributed by atoms with Crippen LogP contribution in [0.2, 0.25) is 0 Å². The van der Waals surface area contributed by atoms with Gasteiger partial charge in [-0.1, -0.05) is 97.9 Å². The second-order valence-corrected chi connectivity index (χ2v) is 14.4. The van der Waals surface area contributed by atoms with E-state index in [-0.39, 0.29) is 5.41 Å². The number of halogens is 1. The first-order chi connectivity index (χ1) is 24.4. The molecule has 0 saturated heterocycles. The fourth-order valence-corrected chi connectivity index (χ4v) is 8.08. The Balaban J connectivity index is 1.19. The van der Waals surface area contributed by atoms with Crippen molar-refractivity contribution in [2.45, 2.75) is 38.5 Å². The van der Waals surface area contributed by atoms with Crippen molar-refractivity contribution >= 4 is 37.5 Å². The van der Waals surface area contributed by atoms with Crippen molar-refractivity contribution in [3.8, 4) is 34.1 Å². The molecule has 0 spiro atoms. The number of nitrogens with zero attached hydrogens (tertiary/aromatic N) is 1. The number of allylic oxidation sites excluding steroid dienone is 7. The molecule has 50 heavy (non-hydrogen) atoms. The first-order valence-corrected chi connectivity index (χ1v) is 18.3. The molecular weight excluding hydrogens is 725 g/mol. The van der Waals surface area contributed by atoms with Crippen LogP contribution in [0, 0.1) is 0 Å². The van der Waals surface area contributed by atoms with Gasteiger partial charge in [0.15, 0.2) is 23.0 Å². The van der Waals surface area contributed by atoms with Crippen LogP contribution in [-0.2, 0) is 5.41 Å². The van der Waals surface area contributed by atoms with Gasteiger partial charge < -0.3 is 14.4 Å². The average molecular weight is 764 g/mol. The Labute approximate surface area is 308 Å². The normalized spacial score (nSPS) is 17.6. The Hall–Kier alpha value is -5.07. The van der Waals surface area contributed by atoms with Crippen LogP contribution in [-0.4, -0.2) is 0 Å². The van der Waals surface area contributed by atoms with Crippen molar-refractivity contribution in [1.82, 2.24) is 0 Å². The van der Waals surface area contributed by atoms with E-state index in [4.69, 9.17) is 9.47 Å². The Bertz CT molecular complexity index is 2250. The molecule has 1 atom stereocenters. The van der Waals surface area contributed by atoms with Gasteiger partial charge in [0.2, 0.25) is 0 Å². The summed E-state index contributed by atoms with van der Waals surface area (Å²) in [5, 5.41) is 0. The number of hydrogen-bond donors (Lipinski definition) is 0. The molecule has 246 valence electrons. The Morgan fingerprint density at radius 3 is 2.26 bits per heavy atom. The number of para-hydroxylation sites is 1.